The monoisotopic (exact) mass is 255 g/mol. The molecule has 18 heavy (non-hydrogen) atoms. The first-order valence-electron chi connectivity index (χ1n) is 5.12. The molecule has 0 aromatic carbocycles. The molecule has 0 aliphatic heterocycles. The first-order chi connectivity index (χ1) is 8.49. The van der Waals surface area contributed by atoms with Crippen molar-refractivity contribution in [2.75, 3.05) is 12.3 Å². The second-order valence-electron chi connectivity index (χ2n) is 3.35. The summed E-state index contributed by atoms with van der Waals surface area (Å²) in [6.45, 7) is 1.78. The number of rotatable bonds is 4. The molecule has 0 aliphatic carbocycles. The Bertz CT molecular complexity index is 498. The van der Waals surface area contributed by atoms with Gasteiger partial charge in [-0.15, -0.1) is 0 Å². The standard InChI is InChI=1S/C11H11F2N3O2/c1-2-18-9(17)4-8-10(15)7(11(12)13)3-6(5-14)16-8/h3,11H,2,4,15H2,1H3. The molecule has 0 spiro atoms. The lowest BCUT2D eigenvalue weighted by Crippen LogP contribution is -2.13. The lowest BCUT2D eigenvalue weighted by molar-refractivity contribution is -0.142. The van der Waals surface area contributed by atoms with Gasteiger partial charge >= 0.3 is 5.97 Å². The van der Waals surface area contributed by atoms with E-state index in [0.29, 0.717) is 0 Å². The summed E-state index contributed by atoms with van der Waals surface area (Å²) in [7, 11) is 0. The maximum atomic E-state index is 12.7. The third-order valence-corrected chi connectivity index (χ3v) is 2.14. The molecular formula is C11H11F2N3O2. The number of esters is 1. The van der Waals surface area contributed by atoms with Crippen molar-refractivity contribution >= 4 is 11.7 Å². The minimum atomic E-state index is -2.83. The highest BCUT2D eigenvalue weighted by Gasteiger charge is 2.19. The fourth-order valence-corrected chi connectivity index (χ4v) is 1.35. The number of aromatic nitrogens is 1. The van der Waals surface area contributed by atoms with E-state index in [4.69, 9.17) is 11.0 Å². The van der Waals surface area contributed by atoms with Gasteiger partial charge in [0, 0.05) is 5.56 Å². The summed E-state index contributed by atoms with van der Waals surface area (Å²) >= 11 is 0. The molecule has 5 nitrogen and oxygen atoms in total. The van der Waals surface area contributed by atoms with E-state index in [0.717, 1.165) is 6.07 Å². The summed E-state index contributed by atoms with van der Waals surface area (Å²) in [5, 5.41) is 8.68. The van der Waals surface area contributed by atoms with Crippen LogP contribution in [-0.2, 0) is 16.0 Å². The number of anilines is 1. The van der Waals surface area contributed by atoms with E-state index >= 15 is 0 Å². The van der Waals surface area contributed by atoms with E-state index in [-0.39, 0.29) is 30.1 Å². The summed E-state index contributed by atoms with van der Waals surface area (Å²) in [5.41, 5.74) is 4.44. The Morgan fingerprint density at radius 1 is 1.67 bits per heavy atom. The minimum absolute atomic E-state index is 0.0669. The van der Waals surface area contributed by atoms with E-state index < -0.39 is 18.0 Å². The highest BCUT2D eigenvalue weighted by molar-refractivity contribution is 5.74. The number of carbonyl (C=O) groups excluding carboxylic acids is 1. The lowest BCUT2D eigenvalue weighted by atomic mass is 10.1. The maximum Gasteiger partial charge on any atom is 0.311 e. The number of carbonyl (C=O) groups is 1. The fraction of sp³-hybridized carbons (Fsp3) is 0.364. The van der Waals surface area contributed by atoms with Gasteiger partial charge in [-0.25, -0.2) is 13.8 Å². The predicted octanol–water partition coefficient (Wildman–Crippen LogP) is 1.58. The van der Waals surface area contributed by atoms with E-state index in [2.05, 4.69) is 9.72 Å². The Balaban J connectivity index is 3.14. The van der Waals surface area contributed by atoms with Gasteiger partial charge in [0.05, 0.1) is 24.4 Å². The van der Waals surface area contributed by atoms with Crippen molar-refractivity contribution in [1.82, 2.24) is 4.98 Å². The number of pyridine rings is 1. The van der Waals surface area contributed by atoms with Gasteiger partial charge < -0.3 is 10.5 Å². The number of ether oxygens (including phenoxy) is 1. The van der Waals surface area contributed by atoms with Crippen molar-refractivity contribution in [3.63, 3.8) is 0 Å². The molecule has 1 heterocycles. The summed E-state index contributed by atoms with van der Waals surface area (Å²) in [6.07, 6.45) is -3.17. The third kappa shape index (κ3) is 3.13. The molecule has 0 atom stereocenters. The van der Waals surface area contributed by atoms with Gasteiger partial charge in [0.25, 0.3) is 6.43 Å². The zero-order valence-corrected chi connectivity index (χ0v) is 9.61. The van der Waals surface area contributed by atoms with Gasteiger partial charge in [-0.3, -0.25) is 4.79 Å². The summed E-state index contributed by atoms with van der Waals surface area (Å²) in [6, 6.07) is 2.55. The molecule has 0 amide bonds. The molecule has 0 unspecified atom stereocenters. The number of hydrogen-bond donors (Lipinski definition) is 1. The van der Waals surface area contributed by atoms with E-state index in [1.807, 2.05) is 0 Å². The van der Waals surface area contributed by atoms with Crippen LogP contribution in [0, 0.1) is 11.3 Å². The van der Waals surface area contributed by atoms with Crippen LogP contribution in [0.3, 0.4) is 0 Å². The molecule has 1 aromatic heterocycles. The third-order valence-electron chi connectivity index (χ3n) is 2.14. The number of alkyl halides is 2. The van der Waals surface area contributed by atoms with Crippen molar-refractivity contribution in [3.8, 4) is 6.07 Å². The lowest BCUT2D eigenvalue weighted by Gasteiger charge is -2.10. The summed E-state index contributed by atoms with van der Waals surface area (Å²) in [5.74, 6) is -0.632. The quantitative estimate of drug-likeness (QED) is 0.825. The molecule has 1 aromatic rings. The number of nitrogen functional groups attached to an aromatic ring is 1. The summed E-state index contributed by atoms with van der Waals surface area (Å²) in [4.78, 5) is 15.0. The van der Waals surface area contributed by atoms with Crippen molar-refractivity contribution < 1.29 is 18.3 Å². The van der Waals surface area contributed by atoms with Crippen LogP contribution in [0.15, 0.2) is 6.07 Å². The first-order valence-corrected chi connectivity index (χ1v) is 5.12. The fourth-order valence-electron chi connectivity index (χ4n) is 1.35. The molecule has 1 rings (SSSR count). The smallest absolute Gasteiger partial charge is 0.311 e. The first kappa shape index (κ1) is 13.8. The highest BCUT2D eigenvalue weighted by Crippen LogP contribution is 2.27. The number of nitrogens with two attached hydrogens (primary N) is 1. The van der Waals surface area contributed by atoms with Crippen LogP contribution in [0.4, 0.5) is 14.5 Å². The second-order valence-corrected chi connectivity index (χ2v) is 3.35. The number of hydrogen-bond acceptors (Lipinski definition) is 5. The zero-order chi connectivity index (χ0) is 13.7. The molecule has 2 N–H and O–H groups in total. The molecule has 0 saturated carbocycles. The van der Waals surface area contributed by atoms with Crippen LogP contribution in [0.25, 0.3) is 0 Å². The highest BCUT2D eigenvalue weighted by atomic mass is 19.3. The average Bonchev–Trinajstić information content (AvgIpc) is 2.31. The average molecular weight is 255 g/mol. The second kappa shape index (κ2) is 5.91. The van der Waals surface area contributed by atoms with Crippen molar-refractivity contribution in [2.45, 2.75) is 19.8 Å². The Hall–Kier alpha value is -2.23. The molecular weight excluding hydrogens is 244 g/mol. The van der Waals surface area contributed by atoms with Gasteiger partial charge in [-0.2, -0.15) is 5.26 Å². The Morgan fingerprint density at radius 3 is 2.83 bits per heavy atom. The van der Waals surface area contributed by atoms with Gasteiger partial charge in [0.1, 0.15) is 11.8 Å². The van der Waals surface area contributed by atoms with Crippen molar-refractivity contribution in [2.24, 2.45) is 0 Å². The van der Waals surface area contributed by atoms with Crippen LogP contribution in [0.2, 0.25) is 0 Å². The van der Waals surface area contributed by atoms with E-state index in [1.54, 1.807) is 13.0 Å². The summed E-state index contributed by atoms with van der Waals surface area (Å²) < 4.78 is 30.0. The minimum Gasteiger partial charge on any atom is -0.466 e. The van der Waals surface area contributed by atoms with Crippen LogP contribution >= 0.6 is 0 Å². The van der Waals surface area contributed by atoms with E-state index in [1.165, 1.54) is 0 Å². The Kier molecular flexibility index (Phi) is 4.54. The topological polar surface area (TPSA) is 89.0 Å². The number of halogens is 2. The normalized spacial score (nSPS) is 10.2. The van der Waals surface area contributed by atoms with E-state index in [9.17, 15) is 13.6 Å². The maximum absolute atomic E-state index is 12.7. The van der Waals surface area contributed by atoms with Crippen LogP contribution < -0.4 is 5.73 Å². The largest absolute Gasteiger partial charge is 0.466 e. The molecule has 0 fully saturated rings. The zero-order valence-electron chi connectivity index (χ0n) is 9.61. The SMILES string of the molecule is CCOC(=O)Cc1nc(C#N)cc(C(F)F)c1N. The molecule has 0 saturated heterocycles. The number of nitrogens with zero attached hydrogens (tertiary/aromatic N) is 2. The van der Waals surface area contributed by atoms with Crippen molar-refractivity contribution in [1.29, 1.82) is 5.26 Å². The van der Waals surface area contributed by atoms with Gasteiger partial charge in [-0.05, 0) is 13.0 Å². The Morgan fingerprint density at radius 2 is 2.33 bits per heavy atom. The molecule has 7 heteroatoms. The van der Waals surface area contributed by atoms with Gasteiger partial charge in [-0.1, -0.05) is 0 Å². The molecule has 0 aliphatic rings. The molecule has 0 radical (unpaired) electrons. The van der Waals surface area contributed by atoms with Gasteiger partial charge in [0.15, 0.2) is 0 Å². The van der Waals surface area contributed by atoms with Crippen LogP contribution in [-0.4, -0.2) is 17.6 Å². The van der Waals surface area contributed by atoms with Crippen LogP contribution in [0.1, 0.15) is 30.3 Å². The molecule has 0 bridgehead atoms. The van der Waals surface area contributed by atoms with Crippen molar-refractivity contribution in [3.05, 3.63) is 23.0 Å². The Labute approximate surface area is 102 Å². The van der Waals surface area contributed by atoms with Crippen LogP contribution in [0.5, 0.6) is 0 Å². The molecule has 96 valence electrons. The number of nitriles is 1. The predicted molar refractivity (Wildman–Crippen MR) is 58.7 cm³/mol. The van der Waals surface area contributed by atoms with Gasteiger partial charge in [0.2, 0.25) is 0 Å².